The van der Waals surface area contributed by atoms with Crippen molar-refractivity contribution in [1.29, 1.82) is 0 Å². The molecule has 0 bridgehead atoms. The Balaban J connectivity index is 3.19. The smallest absolute Gasteiger partial charge is 0.401 e. The van der Waals surface area contributed by atoms with Gasteiger partial charge in [0, 0.05) is 5.56 Å². The topological polar surface area (TPSA) is 49.3 Å². The molecule has 0 aliphatic heterocycles. The summed E-state index contributed by atoms with van der Waals surface area (Å²) >= 11 is 0. The summed E-state index contributed by atoms with van der Waals surface area (Å²) in [4.78, 5) is 11.1. The standard InChI is InChI=1S/C11H10F5NO2/c1-10(9(18)19,17-5-11(14,15)16)7-4-6(12)2-3-8(7)13/h2-4,17H,5H2,1H3,(H,18,19). The fourth-order valence-corrected chi connectivity index (χ4v) is 1.44. The molecule has 2 N–H and O–H groups in total. The van der Waals surface area contributed by atoms with E-state index in [-0.39, 0.29) is 0 Å². The van der Waals surface area contributed by atoms with Crippen LogP contribution in [-0.4, -0.2) is 23.8 Å². The predicted octanol–water partition coefficient (Wildman–Crippen LogP) is 2.42. The van der Waals surface area contributed by atoms with Crippen molar-refractivity contribution in [2.45, 2.75) is 18.6 Å². The van der Waals surface area contributed by atoms with E-state index in [0.717, 1.165) is 13.0 Å². The lowest BCUT2D eigenvalue weighted by Gasteiger charge is -2.27. The molecule has 1 aromatic rings. The molecule has 0 saturated carbocycles. The second kappa shape index (κ2) is 5.12. The van der Waals surface area contributed by atoms with Crippen LogP contribution in [0.15, 0.2) is 18.2 Å². The van der Waals surface area contributed by atoms with E-state index < -0.39 is 41.4 Å². The number of hydrogen-bond donors (Lipinski definition) is 2. The van der Waals surface area contributed by atoms with Gasteiger partial charge in [0.25, 0.3) is 0 Å². The van der Waals surface area contributed by atoms with Crippen molar-refractivity contribution >= 4 is 5.97 Å². The first kappa shape index (κ1) is 15.4. The van der Waals surface area contributed by atoms with Gasteiger partial charge in [-0.3, -0.25) is 5.32 Å². The molecule has 8 heteroatoms. The number of carboxylic acid groups (broad SMARTS) is 1. The van der Waals surface area contributed by atoms with E-state index in [2.05, 4.69) is 0 Å². The Morgan fingerprint density at radius 3 is 2.37 bits per heavy atom. The van der Waals surface area contributed by atoms with Crippen molar-refractivity contribution in [3.8, 4) is 0 Å². The summed E-state index contributed by atoms with van der Waals surface area (Å²) in [7, 11) is 0. The minimum Gasteiger partial charge on any atom is -0.480 e. The van der Waals surface area contributed by atoms with Crippen LogP contribution in [0, 0.1) is 11.6 Å². The molecule has 0 saturated heterocycles. The van der Waals surface area contributed by atoms with E-state index in [1.54, 1.807) is 5.32 Å². The van der Waals surface area contributed by atoms with Crippen LogP contribution in [0.5, 0.6) is 0 Å². The lowest BCUT2D eigenvalue weighted by molar-refractivity contribution is -0.150. The molecular formula is C11H10F5NO2. The SMILES string of the molecule is CC(NCC(F)(F)F)(C(=O)O)c1cc(F)ccc1F. The summed E-state index contributed by atoms with van der Waals surface area (Å²) in [6, 6.07) is 1.94. The summed E-state index contributed by atoms with van der Waals surface area (Å²) < 4.78 is 62.9. The Morgan fingerprint density at radius 1 is 1.32 bits per heavy atom. The van der Waals surface area contributed by atoms with Gasteiger partial charge in [0.1, 0.15) is 17.2 Å². The van der Waals surface area contributed by atoms with Crippen LogP contribution in [0.25, 0.3) is 0 Å². The van der Waals surface area contributed by atoms with Crippen molar-refractivity contribution in [3.05, 3.63) is 35.4 Å². The molecule has 0 aliphatic carbocycles. The largest absolute Gasteiger partial charge is 0.480 e. The predicted molar refractivity (Wildman–Crippen MR) is 55.4 cm³/mol. The molecule has 1 atom stereocenters. The second-order valence-electron chi connectivity index (χ2n) is 4.02. The molecule has 0 heterocycles. The van der Waals surface area contributed by atoms with E-state index in [0.29, 0.717) is 12.1 Å². The highest BCUT2D eigenvalue weighted by molar-refractivity contribution is 5.80. The number of alkyl halides is 3. The molecule has 1 unspecified atom stereocenters. The first-order valence-corrected chi connectivity index (χ1v) is 5.07. The fourth-order valence-electron chi connectivity index (χ4n) is 1.44. The molecule has 0 spiro atoms. The first-order valence-electron chi connectivity index (χ1n) is 5.07. The Bertz CT molecular complexity index is 488. The molecule has 19 heavy (non-hydrogen) atoms. The lowest BCUT2D eigenvalue weighted by Crippen LogP contribution is -2.50. The third-order valence-corrected chi connectivity index (χ3v) is 2.54. The Labute approximate surface area is 105 Å². The van der Waals surface area contributed by atoms with Crippen molar-refractivity contribution in [2.75, 3.05) is 6.54 Å². The number of carbonyl (C=O) groups is 1. The summed E-state index contributed by atoms with van der Waals surface area (Å²) in [6.45, 7) is -0.815. The van der Waals surface area contributed by atoms with Gasteiger partial charge in [0.15, 0.2) is 0 Å². The lowest BCUT2D eigenvalue weighted by atomic mass is 9.91. The number of aliphatic carboxylic acids is 1. The average molecular weight is 283 g/mol. The highest BCUT2D eigenvalue weighted by atomic mass is 19.4. The molecule has 1 rings (SSSR count). The van der Waals surface area contributed by atoms with Gasteiger partial charge in [-0.2, -0.15) is 13.2 Å². The van der Waals surface area contributed by atoms with Crippen LogP contribution < -0.4 is 5.32 Å². The molecule has 106 valence electrons. The van der Waals surface area contributed by atoms with Crippen molar-refractivity contribution < 1.29 is 31.9 Å². The molecule has 0 aromatic heterocycles. The maximum atomic E-state index is 13.5. The first-order chi connectivity index (χ1) is 8.56. The van der Waals surface area contributed by atoms with Crippen molar-refractivity contribution in [2.24, 2.45) is 0 Å². The van der Waals surface area contributed by atoms with Gasteiger partial charge in [-0.25, -0.2) is 13.6 Å². The molecule has 1 aromatic carbocycles. The van der Waals surface area contributed by atoms with Gasteiger partial charge < -0.3 is 5.11 Å². The fraction of sp³-hybridized carbons (Fsp3) is 0.364. The van der Waals surface area contributed by atoms with Gasteiger partial charge in [-0.05, 0) is 25.1 Å². The van der Waals surface area contributed by atoms with Crippen LogP contribution in [-0.2, 0) is 10.3 Å². The Hall–Kier alpha value is -1.70. The minimum absolute atomic E-state index is 0.548. The molecule has 0 radical (unpaired) electrons. The molecule has 0 amide bonds. The maximum Gasteiger partial charge on any atom is 0.401 e. The highest BCUT2D eigenvalue weighted by Gasteiger charge is 2.41. The summed E-state index contributed by atoms with van der Waals surface area (Å²) in [5.74, 6) is -3.81. The zero-order valence-corrected chi connectivity index (χ0v) is 9.68. The molecule has 0 aliphatic rings. The van der Waals surface area contributed by atoms with E-state index in [4.69, 9.17) is 5.11 Å². The Kier molecular flexibility index (Phi) is 4.14. The van der Waals surface area contributed by atoms with Crippen LogP contribution in [0.2, 0.25) is 0 Å². The van der Waals surface area contributed by atoms with Gasteiger partial charge in [-0.15, -0.1) is 0 Å². The van der Waals surface area contributed by atoms with E-state index in [1.807, 2.05) is 0 Å². The summed E-state index contributed by atoms with van der Waals surface area (Å²) in [5.41, 5.74) is -3.09. The third-order valence-electron chi connectivity index (χ3n) is 2.54. The normalized spacial score (nSPS) is 15.1. The number of rotatable bonds is 4. The summed E-state index contributed by atoms with van der Waals surface area (Å²) in [5, 5.41) is 10.7. The maximum absolute atomic E-state index is 13.5. The highest BCUT2D eigenvalue weighted by Crippen LogP contribution is 2.26. The summed E-state index contributed by atoms with van der Waals surface area (Å²) in [6.07, 6.45) is -4.68. The van der Waals surface area contributed by atoms with Crippen LogP contribution >= 0.6 is 0 Å². The van der Waals surface area contributed by atoms with Crippen molar-refractivity contribution in [3.63, 3.8) is 0 Å². The number of carboxylic acids is 1. The second-order valence-corrected chi connectivity index (χ2v) is 4.02. The van der Waals surface area contributed by atoms with E-state index in [9.17, 15) is 26.7 Å². The van der Waals surface area contributed by atoms with E-state index in [1.165, 1.54) is 0 Å². The van der Waals surface area contributed by atoms with Gasteiger partial charge >= 0.3 is 12.1 Å². The van der Waals surface area contributed by atoms with Crippen LogP contribution in [0.3, 0.4) is 0 Å². The van der Waals surface area contributed by atoms with Gasteiger partial charge in [0.05, 0.1) is 6.54 Å². The number of hydrogen-bond acceptors (Lipinski definition) is 2. The molecule has 0 fully saturated rings. The molecular weight excluding hydrogens is 273 g/mol. The van der Waals surface area contributed by atoms with Crippen LogP contribution in [0.1, 0.15) is 12.5 Å². The number of benzene rings is 1. The zero-order valence-electron chi connectivity index (χ0n) is 9.68. The quantitative estimate of drug-likeness (QED) is 0.834. The van der Waals surface area contributed by atoms with Crippen molar-refractivity contribution in [1.82, 2.24) is 5.32 Å². The van der Waals surface area contributed by atoms with Gasteiger partial charge in [-0.1, -0.05) is 0 Å². The molecule has 3 nitrogen and oxygen atoms in total. The number of nitrogens with one attached hydrogen (secondary N) is 1. The third kappa shape index (κ3) is 3.63. The van der Waals surface area contributed by atoms with E-state index >= 15 is 0 Å². The zero-order chi connectivity index (χ0) is 14.8. The number of halogens is 5. The minimum atomic E-state index is -4.68. The Morgan fingerprint density at radius 2 is 1.89 bits per heavy atom. The van der Waals surface area contributed by atoms with Crippen LogP contribution in [0.4, 0.5) is 22.0 Å². The average Bonchev–Trinajstić information content (AvgIpc) is 2.28. The van der Waals surface area contributed by atoms with Gasteiger partial charge in [0.2, 0.25) is 0 Å². The monoisotopic (exact) mass is 283 g/mol.